The van der Waals surface area contributed by atoms with Crippen LogP contribution in [0.4, 0.5) is 4.79 Å². The maximum Gasteiger partial charge on any atom is 0.407 e. The van der Waals surface area contributed by atoms with Gasteiger partial charge in [0.2, 0.25) is 11.8 Å². The van der Waals surface area contributed by atoms with Crippen molar-refractivity contribution in [3.63, 3.8) is 0 Å². The van der Waals surface area contributed by atoms with Gasteiger partial charge in [-0.05, 0) is 147 Å². The number of benzene rings is 3. The van der Waals surface area contributed by atoms with Crippen molar-refractivity contribution in [2.75, 3.05) is 13.2 Å². The predicted octanol–water partition coefficient (Wildman–Crippen LogP) is 9.53. The van der Waals surface area contributed by atoms with E-state index in [-0.39, 0.29) is 34.5 Å². The molecule has 0 spiro atoms. The monoisotopic (exact) mass is 762 g/mol. The van der Waals surface area contributed by atoms with Gasteiger partial charge in [0.25, 0.3) is 0 Å². The van der Waals surface area contributed by atoms with E-state index in [2.05, 4.69) is 80.8 Å². The molecule has 0 saturated heterocycles. The first-order valence-corrected chi connectivity index (χ1v) is 20.9. The lowest BCUT2D eigenvalue weighted by atomic mass is 9.49. The van der Waals surface area contributed by atoms with Gasteiger partial charge in [0.1, 0.15) is 30.3 Å². The second kappa shape index (κ2) is 15.2. The molecule has 3 aromatic rings. The van der Waals surface area contributed by atoms with Crippen LogP contribution in [0.1, 0.15) is 128 Å². The van der Waals surface area contributed by atoms with Crippen LogP contribution >= 0.6 is 0 Å². The second-order valence-electron chi connectivity index (χ2n) is 19.0. The summed E-state index contributed by atoms with van der Waals surface area (Å²) in [6.45, 7) is 15.5. The molecule has 3 aromatic carbocycles. The molecule has 0 heterocycles. The van der Waals surface area contributed by atoms with Gasteiger partial charge in [0, 0.05) is 0 Å². The Morgan fingerprint density at radius 3 is 1.73 bits per heavy atom. The average Bonchev–Trinajstić information content (AvgIpc) is 3.15. The molecule has 0 aliphatic heterocycles. The van der Waals surface area contributed by atoms with Gasteiger partial charge in [0.15, 0.2) is 0 Å². The lowest BCUT2D eigenvalue weighted by Gasteiger charge is -2.56. The summed E-state index contributed by atoms with van der Waals surface area (Å²) in [5, 5.41) is 5.86. The number of nitrogens with one attached hydrogen (secondary N) is 2. The third kappa shape index (κ3) is 7.57. The van der Waals surface area contributed by atoms with Crippen LogP contribution in [-0.4, -0.2) is 36.7 Å². The van der Waals surface area contributed by atoms with Crippen molar-refractivity contribution in [3.05, 3.63) is 94.5 Å². The highest BCUT2D eigenvalue weighted by Gasteiger charge is 2.58. The number of imide groups is 1. The molecular weight excluding hydrogens is 701 g/mol. The van der Waals surface area contributed by atoms with E-state index in [0.29, 0.717) is 19.8 Å². The maximum absolute atomic E-state index is 14.7. The van der Waals surface area contributed by atoms with Gasteiger partial charge in [-0.3, -0.25) is 14.9 Å². The number of amides is 3. The molecule has 0 aromatic heterocycles. The Bertz CT molecular complexity index is 1950. The van der Waals surface area contributed by atoms with Crippen LogP contribution < -0.4 is 20.1 Å². The summed E-state index contributed by atoms with van der Waals surface area (Å²) in [5.41, 5.74) is 3.95. The Balaban J connectivity index is 1.05. The Kier molecular flexibility index (Phi) is 10.8. The molecule has 6 atom stereocenters. The van der Waals surface area contributed by atoms with E-state index < -0.39 is 22.5 Å². The van der Waals surface area contributed by atoms with Crippen molar-refractivity contribution in [1.29, 1.82) is 0 Å². The Morgan fingerprint density at radius 2 is 1.21 bits per heavy atom. The first-order chi connectivity index (χ1) is 26.5. The van der Waals surface area contributed by atoms with Crippen LogP contribution in [0.3, 0.4) is 0 Å². The van der Waals surface area contributed by atoms with Crippen molar-refractivity contribution in [2.45, 2.75) is 136 Å². The van der Waals surface area contributed by atoms with E-state index in [1.54, 1.807) is 0 Å². The van der Waals surface area contributed by atoms with E-state index in [9.17, 15) is 14.4 Å². The lowest BCUT2D eigenvalue weighted by Crippen LogP contribution is -2.60. The first-order valence-electron chi connectivity index (χ1n) is 20.9. The zero-order valence-corrected chi connectivity index (χ0v) is 34.6. The summed E-state index contributed by atoms with van der Waals surface area (Å²) in [4.78, 5) is 41.4. The zero-order valence-electron chi connectivity index (χ0n) is 34.6. The van der Waals surface area contributed by atoms with E-state index in [4.69, 9.17) is 14.2 Å². The van der Waals surface area contributed by atoms with Crippen molar-refractivity contribution in [3.8, 4) is 11.5 Å². The van der Waals surface area contributed by atoms with Crippen LogP contribution in [0, 0.1) is 22.7 Å². The van der Waals surface area contributed by atoms with Crippen LogP contribution in [-0.2, 0) is 44.6 Å². The number of hydrogen-bond donors (Lipinski definition) is 2. The number of hydrogen-bond acceptors (Lipinski definition) is 6. The highest BCUT2D eigenvalue weighted by Crippen LogP contribution is 2.60. The number of carbonyl (C=O) groups is 3. The van der Waals surface area contributed by atoms with Crippen LogP contribution in [0.15, 0.2) is 66.7 Å². The second-order valence-corrected chi connectivity index (χ2v) is 19.0. The summed E-state index contributed by atoms with van der Waals surface area (Å²) in [7, 11) is 0. The molecule has 2 saturated carbocycles. The molecule has 7 rings (SSSR count). The van der Waals surface area contributed by atoms with Crippen LogP contribution in [0.2, 0.25) is 0 Å². The summed E-state index contributed by atoms with van der Waals surface area (Å²) >= 11 is 0. The largest absolute Gasteiger partial charge is 0.492 e. The maximum atomic E-state index is 14.7. The molecule has 8 nitrogen and oxygen atoms in total. The predicted molar refractivity (Wildman–Crippen MR) is 219 cm³/mol. The van der Waals surface area contributed by atoms with Crippen molar-refractivity contribution in [2.24, 2.45) is 22.7 Å². The third-order valence-electron chi connectivity index (χ3n) is 14.2. The van der Waals surface area contributed by atoms with Crippen molar-refractivity contribution >= 4 is 17.9 Å². The highest BCUT2D eigenvalue weighted by molar-refractivity contribution is 6.01. The normalized spacial score (nSPS) is 29.3. The Hall–Kier alpha value is -4.33. The van der Waals surface area contributed by atoms with Gasteiger partial charge < -0.3 is 19.5 Å². The van der Waals surface area contributed by atoms with E-state index in [1.807, 2.05) is 45.0 Å². The minimum atomic E-state index is -0.687. The minimum absolute atomic E-state index is 0.0772. The summed E-state index contributed by atoms with van der Waals surface area (Å²) in [6.07, 6.45) is 8.47. The summed E-state index contributed by atoms with van der Waals surface area (Å²) in [5.74, 6) is 1.56. The van der Waals surface area contributed by atoms with Gasteiger partial charge in [-0.1, -0.05) is 83.0 Å². The molecule has 2 fully saturated rings. The summed E-state index contributed by atoms with van der Waals surface area (Å²) in [6, 6.07) is 23.1. The molecule has 0 bridgehead atoms. The van der Waals surface area contributed by atoms with E-state index >= 15 is 0 Å². The molecule has 56 heavy (non-hydrogen) atoms. The Labute approximate surface area is 333 Å². The summed E-state index contributed by atoms with van der Waals surface area (Å²) < 4.78 is 17.7. The topological polar surface area (TPSA) is 103 Å². The Morgan fingerprint density at radius 1 is 0.696 bits per heavy atom. The highest BCUT2D eigenvalue weighted by atomic mass is 16.6. The standard InChI is InChI=1S/C48H62N2O6/c1-44(2,3)56-43(53)49-27-28-54-35-19-15-33-17-21-39-45(4,37(33)29-35)23-11-25-47(39,6)41(51)50-42(52)48(7)26-12-24-46(5)38-30-36(20-16-34(38)18-22-40(46)48)55-31-32-13-9-8-10-14-32/h8-10,13-16,19-20,29-30,39-40H,11-12,17-18,21-28,31H2,1-7H3,(H,49,53)(H,50,51,52)/t39-,40-,45-,46-,47+,48+/m1/s1. The fourth-order valence-corrected chi connectivity index (χ4v) is 11.4. The van der Waals surface area contributed by atoms with Gasteiger partial charge in [-0.2, -0.15) is 0 Å². The zero-order chi connectivity index (χ0) is 39.9. The smallest absolute Gasteiger partial charge is 0.407 e. The number of fused-ring (bicyclic) bond motifs is 6. The average molecular weight is 763 g/mol. The molecule has 0 unspecified atom stereocenters. The SMILES string of the molecule is CC(C)(C)OC(=O)NCCOc1ccc2c(c1)[C@@]1(C)CCC[C@](C)(C(=O)NC(=O)[C@@]3(C)CCC[C@]4(C)c5cc(OCc6ccccc6)ccc5CC[C@@H]34)[C@@H]1CC2. The minimum Gasteiger partial charge on any atom is -0.492 e. The van der Waals surface area contributed by atoms with Crippen LogP contribution in [0.25, 0.3) is 0 Å². The lowest BCUT2D eigenvalue weighted by molar-refractivity contribution is -0.150. The van der Waals surface area contributed by atoms with Gasteiger partial charge in [-0.15, -0.1) is 0 Å². The third-order valence-corrected chi connectivity index (χ3v) is 14.2. The van der Waals surface area contributed by atoms with E-state index in [1.165, 1.54) is 22.3 Å². The first kappa shape index (κ1) is 39.9. The molecule has 300 valence electrons. The van der Waals surface area contributed by atoms with Gasteiger partial charge >= 0.3 is 6.09 Å². The molecular formula is C48H62N2O6. The molecule has 2 N–H and O–H groups in total. The molecule has 8 heteroatoms. The number of carbonyl (C=O) groups excluding carboxylic acids is 3. The number of rotatable bonds is 9. The fourth-order valence-electron chi connectivity index (χ4n) is 11.4. The quantitative estimate of drug-likeness (QED) is 0.166. The van der Waals surface area contributed by atoms with Crippen molar-refractivity contribution in [1.82, 2.24) is 10.6 Å². The fraction of sp³-hybridized carbons (Fsp3) is 0.562. The molecule has 4 aliphatic rings. The number of alkyl carbamates (subject to hydrolysis) is 1. The molecule has 4 aliphatic carbocycles. The van der Waals surface area contributed by atoms with Gasteiger partial charge in [0.05, 0.1) is 17.4 Å². The van der Waals surface area contributed by atoms with Crippen LogP contribution in [0.5, 0.6) is 11.5 Å². The number of aryl methyl sites for hydroxylation is 2. The van der Waals surface area contributed by atoms with E-state index in [0.717, 1.165) is 81.3 Å². The molecule has 0 radical (unpaired) electrons. The van der Waals surface area contributed by atoms with Crippen molar-refractivity contribution < 1.29 is 28.6 Å². The van der Waals surface area contributed by atoms with Gasteiger partial charge in [-0.25, -0.2) is 4.79 Å². The number of ether oxygens (including phenoxy) is 3. The molecule has 3 amide bonds.